The van der Waals surface area contributed by atoms with Crippen LogP contribution < -0.4 is 10.2 Å². The molecule has 0 spiro atoms. The number of nitrogens with one attached hydrogen (secondary N) is 1. The van der Waals surface area contributed by atoms with Crippen molar-refractivity contribution < 1.29 is 14.0 Å². The van der Waals surface area contributed by atoms with Crippen molar-refractivity contribution in [1.29, 1.82) is 0 Å². The van der Waals surface area contributed by atoms with E-state index in [9.17, 15) is 9.59 Å². The Kier molecular flexibility index (Phi) is 6.03. The molecule has 3 aromatic heterocycles. The summed E-state index contributed by atoms with van der Waals surface area (Å²) in [7, 11) is 0. The number of anilines is 1. The van der Waals surface area contributed by atoms with Crippen molar-refractivity contribution in [3.8, 4) is 0 Å². The molecule has 8 nitrogen and oxygen atoms in total. The molecule has 1 atom stereocenters. The van der Waals surface area contributed by atoms with E-state index in [4.69, 9.17) is 4.42 Å². The van der Waals surface area contributed by atoms with Gasteiger partial charge in [-0.05, 0) is 29.8 Å². The zero-order chi connectivity index (χ0) is 22.6. The van der Waals surface area contributed by atoms with Gasteiger partial charge in [0.25, 0.3) is 5.91 Å². The summed E-state index contributed by atoms with van der Waals surface area (Å²) >= 11 is 1.56. The average Bonchev–Trinajstić information content (AvgIpc) is 3.54. The predicted molar refractivity (Wildman–Crippen MR) is 126 cm³/mol. The molecule has 0 bridgehead atoms. The number of rotatable bonds is 6. The zero-order valence-electron chi connectivity index (χ0n) is 17.9. The third-order valence-electron chi connectivity index (χ3n) is 5.65. The predicted octanol–water partition coefficient (Wildman–Crippen LogP) is 2.97. The Balaban J connectivity index is 1.27. The standard InChI is InChI=1S/C24H23N5O3S/c30-21(20-9-5-15-32-20)26-19(16-17-6-2-1-3-7-17)23(31)28-11-13-29(14-12-28)24-27-18-8-4-10-25-22(18)33-24/h1-10,15,19H,11-14,16H2,(H,26,30). The first-order chi connectivity index (χ1) is 16.2. The van der Waals surface area contributed by atoms with Gasteiger partial charge in [-0.2, -0.15) is 0 Å². The number of aromatic nitrogens is 2. The van der Waals surface area contributed by atoms with Gasteiger partial charge in [0.2, 0.25) is 5.91 Å². The van der Waals surface area contributed by atoms with E-state index < -0.39 is 11.9 Å². The Morgan fingerprint density at radius 3 is 2.58 bits per heavy atom. The number of hydrogen-bond donors (Lipinski definition) is 1. The Morgan fingerprint density at radius 1 is 1.03 bits per heavy atom. The minimum Gasteiger partial charge on any atom is -0.459 e. The molecule has 5 rings (SSSR count). The number of fused-ring (bicyclic) bond motifs is 1. The average molecular weight is 462 g/mol. The molecule has 4 aromatic rings. The van der Waals surface area contributed by atoms with Crippen molar-refractivity contribution in [2.45, 2.75) is 12.5 Å². The lowest BCUT2D eigenvalue weighted by molar-refractivity contribution is -0.133. The van der Waals surface area contributed by atoms with Crippen molar-refractivity contribution in [3.05, 3.63) is 78.4 Å². The molecule has 2 amide bonds. The van der Waals surface area contributed by atoms with Crippen LogP contribution in [0.4, 0.5) is 5.13 Å². The van der Waals surface area contributed by atoms with Crippen molar-refractivity contribution in [2.75, 3.05) is 31.1 Å². The fourth-order valence-electron chi connectivity index (χ4n) is 3.92. The summed E-state index contributed by atoms with van der Waals surface area (Å²) in [6.45, 7) is 2.47. The molecule has 1 aromatic carbocycles. The van der Waals surface area contributed by atoms with Crippen molar-refractivity contribution >= 4 is 38.6 Å². The third-order valence-corrected chi connectivity index (χ3v) is 6.69. The van der Waals surface area contributed by atoms with Crippen molar-refractivity contribution in [1.82, 2.24) is 20.2 Å². The SMILES string of the molecule is O=C(NC(Cc1ccccc1)C(=O)N1CCN(c2nc3cccnc3s2)CC1)c1ccco1. The number of hydrogen-bond acceptors (Lipinski definition) is 7. The zero-order valence-corrected chi connectivity index (χ0v) is 18.7. The number of furan rings is 1. The highest BCUT2D eigenvalue weighted by atomic mass is 32.1. The van der Waals surface area contributed by atoms with Crippen LogP contribution in [0.1, 0.15) is 16.1 Å². The summed E-state index contributed by atoms with van der Waals surface area (Å²) in [4.78, 5) is 40.0. The number of benzene rings is 1. The molecule has 33 heavy (non-hydrogen) atoms. The molecule has 0 aliphatic carbocycles. The van der Waals surface area contributed by atoms with Gasteiger partial charge in [0.05, 0.1) is 6.26 Å². The lowest BCUT2D eigenvalue weighted by Gasteiger charge is -2.36. The van der Waals surface area contributed by atoms with Crippen LogP contribution in [-0.4, -0.2) is 58.9 Å². The largest absolute Gasteiger partial charge is 0.459 e. The molecular weight excluding hydrogens is 438 g/mol. The minimum atomic E-state index is -0.678. The van der Waals surface area contributed by atoms with Crippen LogP contribution >= 0.6 is 11.3 Å². The molecule has 168 valence electrons. The van der Waals surface area contributed by atoms with Gasteiger partial charge in [-0.1, -0.05) is 41.7 Å². The van der Waals surface area contributed by atoms with E-state index in [1.54, 1.807) is 29.7 Å². The molecule has 1 aliphatic heterocycles. The van der Waals surface area contributed by atoms with Crippen LogP contribution in [0, 0.1) is 0 Å². The maximum Gasteiger partial charge on any atom is 0.287 e. The van der Waals surface area contributed by atoms with Gasteiger partial charge in [0.15, 0.2) is 10.9 Å². The molecule has 1 fully saturated rings. The van der Waals surface area contributed by atoms with Crippen LogP contribution in [0.2, 0.25) is 0 Å². The normalized spacial score (nSPS) is 14.9. The molecule has 0 saturated carbocycles. The van der Waals surface area contributed by atoms with Crippen LogP contribution in [-0.2, 0) is 11.2 Å². The third kappa shape index (κ3) is 4.73. The van der Waals surface area contributed by atoms with Gasteiger partial charge in [-0.25, -0.2) is 9.97 Å². The summed E-state index contributed by atoms with van der Waals surface area (Å²) in [5, 5.41) is 3.79. The minimum absolute atomic E-state index is 0.0932. The topological polar surface area (TPSA) is 91.6 Å². The number of pyridine rings is 1. The second kappa shape index (κ2) is 9.41. The molecule has 1 saturated heterocycles. The van der Waals surface area contributed by atoms with E-state index in [-0.39, 0.29) is 11.7 Å². The van der Waals surface area contributed by atoms with E-state index >= 15 is 0 Å². The molecule has 1 unspecified atom stereocenters. The molecular formula is C24H23N5O3S. The lowest BCUT2D eigenvalue weighted by atomic mass is 10.0. The molecule has 0 radical (unpaired) electrons. The van der Waals surface area contributed by atoms with Crippen molar-refractivity contribution in [2.24, 2.45) is 0 Å². The quantitative estimate of drug-likeness (QED) is 0.475. The Morgan fingerprint density at radius 2 is 1.85 bits per heavy atom. The number of carbonyl (C=O) groups excluding carboxylic acids is 2. The fraction of sp³-hybridized carbons (Fsp3) is 0.250. The van der Waals surface area contributed by atoms with Gasteiger partial charge in [0, 0.05) is 38.8 Å². The Labute approximate surface area is 194 Å². The maximum absolute atomic E-state index is 13.4. The first-order valence-corrected chi connectivity index (χ1v) is 11.6. The second-order valence-electron chi connectivity index (χ2n) is 7.83. The van der Waals surface area contributed by atoms with Gasteiger partial charge in [-0.3, -0.25) is 9.59 Å². The molecule has 1 N–H and O–H groups in total. The fourth-order valence-corrected chi connectivity index (χ4v) is 4.88. The Hall–Kier alpha value is -3.72. The molecule has 4 heterocycles. The van der Waals surface area contributed by atoms with Crippen LogP contribution in [0.5, 0.6) is 0 Å². The highest BCUT2D eigenvalue weighted by Crippen LogP contribution is 2.27. The van der Waals surface area contributed by atoms with E-state index in [1.807, 2.05) is 47.4 Å². The summed E-state index contributed by atoms with van der Waals surface area (Å²) in [5.74, 6) is -0.297. The number of carbonyl (C=O) groups is 2. The second-order valence-corrected chi connectivity index (χ2v) is 8.79. The van der Waals surface area contributed by atoms with Crippen molar-refractivity contribution in [3.63, 3.8) is 0 Å². The number of piperazine rings is 1. The van der Waals surface area contributed by atoms with Gasteiger partial charge < -0.3 is 19.5 Å². The van der Waals surface area contributed by atoms with Gasteiger partial charge in [-0.15, -0.1) is 0 Å². The lowest BCUT2D eigenvalue weighted by Crippen LogP contribution is -2.55. The maximum atomic E-state index is 13.4. The summed E-state index contributed by atoms with van der Waals surface area (Å²) in [6.07, 6.45) is 3.63. The van der Waals surface area contributed by atoms with Crippen LogP contribution in [0.15, 0.2) is 71.5 Å². The summed E-state index contributed by atoms with van der Waals surface area (Å²) < 4.78 is 5.21. The molecule has 1 aliphatic rings. The van der Waals surface area contributed by atoms with E-state index in [0.29, 0.717) is 32.6 Å². The smallest absolute Gasteiger partial charge is 0.287 e. The first-order valence-electron chi connectivity index (χ1n) is 10.8. The molecule has 9 heteroatoms. The van der Waals surface area contributed by atoms with E-state index in [2.05, 4.69) is 20.2 Å². The number of thiazole rings is 1. The van der Waals surface area contributed by atoms with Gasteiger partial charge in [0.1, 0.15) is 16.4 Å². The summed E-state index contributed by atoms with van der Waals surface area (Å²) in [6, 6.07) is 16.1. The highest BCUT2D eigenvalue weighted by Gasteiger charge is 2.30. The number of amides is 2. The first kappa shape index (κ1) is 21.1. The van der Waals surface area contributed by atoms with E-state index in [0.717, 1.165) is 21.0 Å². The van der Waals surface area contributed by atoms with Crippen LogP contribution in [0.25, 0.3) is 10.3 Å². The van der Waals surface area contributed by atoms with Gasteiger partial charge >= 0.3 is 0 Å². The number of nitrogens with zero attached hydrogens (tertiary/aromatic N) is 4. The van der Waals surface area contributed by atoms with Crippen LogP contribution in [0.3, 0.4) is 0 Å². The summed E-state index contributed by atoms with van der Waals surface area (Å²) in [5.41, 5.74) is 1.87. The highest BCUT2D eigenvalue weighted by molar-refractivity contribution is 7.21. The van der Waals surface area contributed by atoms with E-state index in [1.165, 1.54) is 6.26 Å². The monoisotopic (exact) mass is 461 g/mol. The Bertz CT molecular complexity index is 1200.